The van der Waals surface area contributed by atoms with E-state index in [1.54, 1.807) is 25.0 Å². The predicted octanol–water partition coefficient (Wildman–Crippen LogP) is 1.44. The summed E-state index contributed by atoms with van der Waals surface area (Å²) in [6, 6.07) is 0. The topological polar surface area (TPSA) is 106 Å². The Balaban J connectivity index is 1.96. The van der Waals surface area contributed by atoms with Crippen LogP contribution in [0.15, 0.2) is 12.7 Å². The van der Waals surface area contributed by atoms with Crippen LogP contribution in [0.2, 0.25) is 0 Å². The summed E-state index contributed by atoms with van der Waals surface area (Å²) in [5, 5.41) is 17.2. The lowest BCUT2D eigenvalue weighted by Crippen LogP contribution is -2.05. The molecule has 3 aromatic heterocycles. The summed E-state index contributed by atoms with van der Waals surface area (Å²) in [4.78, 5) is 24.6. The molecule has 3 rings (SSSR count). The molecular formula is C12H12N6O2S. The minimum absolute atomic E-state index is 0.282. The van der Waals surface area contributed by atoms with Gasteiger partial charge in [-0.3, -0.25) is 4.68 Å². The third-order valence-electron chi connectivity index (χ3n) is 2.98. The lowest BCUT2D eigenvalue weighted by atomic mass is 10.2. The Bertz CT molecular complexity index is 824. The van der Waals surface area contributed by atoms with Gasteiger partial charge in [0.05, 0.1) is 11.9 Å². The van der Waals surface area contributed by atoms with E-state index in [-0.39, 0.29) is 4.88 Å². The fourth-order valence-corrected chi connectivity index (χ4v) is 3.02. The van der Waals surface area contributed by atoms with Crippen LogP contribution in [0.1, 0.15) is 21.1 Å². The molecule has 21 heavy (non-hydrogen) atoms. The van der Waals surface area contributed by atoms with Gasteiger partial charge in [0.15, 0.2) is 5.82 Å². The Hall–Kier alpha value is -2.55. The number of carboxylic acid groups (broad SMARTS) is 1. The second-order valence-electron chi connectivity index (χ2n) is 4.45. The van der Waals surface area contributed by atoms with Crippen LogP contribution in [-0.2, 0) is 13.6 Å². The molecule has 0 aliphatic rings. The van der Waals surface area contributed by atoms with E-state index in [9.17, 15) is 9.90 Å². The molecule has 0 aliphatic carbocycles. The van der Waals surface area contributed by atoms with Crippen molar-refractivity contribution in [3.05, 3.63) is 28.9 Å². The number of aromatic nitrogens is 5. The van der Waals surface area contributed by atoms with E-state index in [1.807, 2.05) is 0 Å². The van der Waals surface area contributed by atoms with Gasteiger partial charge in [0, 0.05) is 7.05 Å². The minimum atomic E-state index is -0.951. The maximum atomic E-state index is 11.2. The summed E-state index contributed by atoms with van der Waals surface area (Å²) >= 11 is 1.15. The highest BCUT2D eigenvalue weighted by Gasteiger charge is 2.18. The van der Waals surface area contributed by atoms with Crippen molar-refractivity contribution in [3.63, 3.8) is 0 Å². The number of carboxylic acids is 1. The van der Waals surface area contributed by atoms with E-state index >= 15 is 0 Å². The molecule has 9 heteroatoms. The second kappa shape index (κ2) is 5.09. The van der Waals surface area contributed by atoms with Crippen LogP contribution in [0.5, 0.6) is 0 Å². The zero-order chi connectivity index (χ0) is 15.0. The Labute approximate surface area is 123 Å². The Morgan fingerprint density at radius 2 is 2.24 bits per heavy atom. The summed E-state index contributed by atoms with van der Waals surface area (Å²) < 4.78 is 1.62. The van der Waals surface area contributed by atoms with Gasteiger partial charge in [-0.25, -0.2) is 19.7 Å². The molecule has 0 atom stereocenters. The lowest BCUT2D eigenvalue weighted by molar-refractivity contribution is 0.0701. The number of hydrogen-bond acceptors (Lipinski definition) is 7. The number of thiophene rings is 1. The van der Waals surface area contributed by atoms with Crippen molar-refractivity contribution in [1.82, 2.24) is 24.7 Å². The molecule has 0 saturated heterocycles. The van der Waals surface area contributed by atoms with Crippen molar-refractivity contribution in [1.29, 1.82) is 0 Å². The lowest BCUT2D eigenvalue weighted by Gasteiger charge is -2.04. The van der Waals surface area contributed by atoms with Crippen LogP contribution in [-0.4, -0.2) is 35.8 Å². The molecule has 2 N–H and O–H groups in total. The number of aromatic carboxylic acids is 1. The molecule has 0 fully saturated rings. The quantitative estimate of drug-likeness (QED) is 0.751. The van der Waals surface area contributed by atoms with Crippen molar-refractivity contribution in [2.24, 2.45) is 7.05 Å². The SMILES string of the molecule is Cc1c(C(=O)O)sc2ncnc(NCc3ncn(C)n3)c12. The van der Waals surface area contributed by atoms with Crippen LogP contribution in [0, 0.1) is 6.92 Å². The highest BCUT2D eigenvalue weighted by atomic mass is 32.1. The standard InChI is InChI=1S/C12H12N6O2S/c1-6-8-10(13-3-7-16-5-18(2)17-7)14-4-15-11(8)21-9(6)12(19)20/h4-5H,3H2,1-2H3,(H,19,20)(H,13,14,15). The molecule has 3 heterocycles. The molecule has 108 valence electrons. The van der Waals surface area contributed by atoms with Crippen LogP contribution in [0.3, 0.4) is 0 Å². The number of hydrogen-bond donors (Lipinski definition) is 2. The van der Waals surface area contributed by atoms with Crippen LogP contribution >= 0.6 is 11.3 Å². The highest BCUT2D eigenvalue weighted by molar-refractivity contribution is 7.20. The Kier molecular flexibility index (Phi) is 3.26. The zero-order valence-corrected chi connectivity index (χ0v) is 12.2. The molecule has 3 aromatic rings. The van der Waals surface area contributed by atoms with Gasteiger partial charge in [-0.15, -0.1) is 11.3 Å². The predicted molar refractivity (Wildman–Crippen MR) is 77.4 cm³/mol. The van der Waals surface area contributed by atoms with E-state index < -0.39 is 5.97 Å². The van der Waals surface area contributed by atoms with E-state index in [2.05, 4.69) is 25.4 Å². The van der Waals surface area contributed by atoms with Crippen molar-refractivity contribution in [2.45, 2.75) is 13.5 Å². The second-order valence-corrected chi connectivity index (χ2v) is 5.45. The van der Waals surface area contributed by atoms with Crippen molar-refractivity contribution < 1.29 is 9.90 Å². The largest absolute Gasteiger partial charge is 0.477 e. The fraction of sp³-hybridized carbons (Fsp3) is 0.250. The van der Waals surface area contributed by atoms with E-state index in [1.165, 1.54) is 6.33 Å². The van der Waals surface area contributed by atoms with Gasteiger partial charge in [0.1, 0.15) is 28.2 Å². The summed E-state index contributed by atoms with van der Waals surface area (Å²) in [5.74, 6) is 0.275. The molecule has 0 amide bonds. The molecular weight excluding hydrogens is 292 g/mol. The van der Waals surface area contributed by atoms with Crippen LogP contribution in [0.25, 0.3) is 10.2 Å². The smallest absolute Gasteiger partial charge is 0.346 e. The first kappa shape index (κ1) is 13.4. The average Bonchev–Trinajstić information content (AvgIpc) is 3.01. The number of nitrogens with zero attached hydrogens (tertiary/aromatic N) is 5. The van der Waals surface area contributed by atoms with E-state index in [0.29, 0.717) is 28.6 Å². The van der Waals surface area contributed by atoms with Crippen LogP contribution in [0.4, 0.5) is 5.82 Å². The molecule has 0 bridgehead atoms. The number of nitrogens with one attached hydrogen (secondary N) is 1. The van der Waals surface area contributed by atoms with Gasteiger partial charge in [0.25, 0.3) is 0 Å². The molecule has 0 unspecified atom stereocenters. The maximum Gasteiger partial charge on any atom is 0.346 e. The average molecular weight is 304 g/mol. The van der Waals surface area contributed by atoms with Gasteiger partial charge in [0.2, 0.25) is 0 Å². The third-order valence-corrected chi connectivity index (χ3v) is 4.17. The first-order valence-corrected chi connectivity index (χ1v) is 6.93. The number of aryl methyl sites for hydroxylation is 2. The molecule has 0 saturated carbocycles. The van der Waals surface area contributed by atoms with Crippen molar-refractivity contribution >= 4 is 33.3 Å². The normalized spacial score (nSPS) is 11.0. The summed E-state index contributed by atoms with van der Waals surface area (Å²) in [6.07, 6.45) is 3.03. The molecule has 0 radical (unpaired) electrons. The third kappa shape index (κ3) is 2.42. The van der Waals surface area contributed by atoms with E-state index in [0.717, 1.165) is 16.7 Å². The molecule has 8 nitrogen and oxygen atoms in total. The number of anilines is 1. The van der Waals surface area contributed by atoms with Gasteiger partial charge >= 0.3 is 5.97 Å². The van der Waals surface area contributed by atoms with E-state index in [4.69, 9.17) is 0 Å². The maximum absolute atomic E-state index is 11.2. The minimum Gasteiger partial charge on any atom is -0.477 e. The van der Waals surface area contributed by atoms with Crippen molar-refractivity contribution in [2.75, 3.05) is 5.32 Å². The monoisotopic (exact) mass is 304 g/mol. The molecule has 0 aromatic carbocycles. The zero-order valence-electron chi connectivity index (χ0n) is 11.4. The molecule has 0 spiro atoms. The fourth-order valence-electron chi connectivity index (χ4n) is 2.04. The van der Waals surface area contributed by atoms with Gasteiger partial charge < -0.3 is 10.4 Å². The first-order chi connectivity index (χ1) is 10.1. The summed E-state index contributed by atoms with van der Waals surface area (Å²) in [6.45, 7) is 2.17. The first-order valence-electron chi connectivity index (χ1n) is 6.12. The highest BCUT2D eigenvalue weighted by Crippen LogP contribution is 2.33. The summed E-state index contributed by atoms with van der Waals surface area (Å²) in [7, 11) is 1.79. The van der Waals surface area contributed by atoms with Crippen molar-refractivity contribution in [3.8, 4) is 0 Å². The van der Waals surface area contributed by atoms with Gasteiger partial charge in [-0.2, -0.15) is 5.10 Å². The number of fused-ring (bicyclic) bond motifs is 1. The number of rotatable bonds is 4. The Morgan fingerprint density at radius 1 is 1.43 bits per heavy atom. The Morgan fingerprint density at radius 3 is 2.90 bits per heavy atom. The molecule has 0 aliphatic heterocycles. The van der Waals surface area contributed by atoms with Gasteiger partial charge in [-0.1, -0.05) is 0 Å². The van der Waals surface area contributed by atoms with Crippen LogP contribution < -0.4 is 5.32 Å². The summed E-state index contributed by atoms with van der Waals surface area (Å²) in [5.41, 5.74) is 0.666. The number of carbonyl (C=O) groups is 1. The van der Waals surface area contributed by atoms with Gasteiger partial charge in [-0.05, 0) is 12.5 Å².